The molecular weight excluding hydrogens is 575 g/mol. The second-order valence-electron chi connectivity index (χ2n) is 11.3. The van der Waals surface area contributed by atoms with Gasteiger partial charge in [-0.3, -0.25) is 4.79 Å². The van der Waals surface area contributed by atoms with E-state index in [4.69, 9.17) is 18.9 Å². The van der Waals surface area contributed by atoms with E-state index in [1.807, 2.05) is 45.0 Å². The quantitative estimate of drug-likeness (QED) is 0.373. The number of amides is 1. The Morgan fingerprint density at radius 1 is 1.05 bits per heavy atom. The lowest BCUT2D eigenvalue weighted by Crippen LogP contribution is -2.48. The van der Waals surface area contributed by atoms with Crippen molar-refractivity contribution >= 4 is 15.9 Å². The van der Waals surface area contributed by atoms with E-state index in [0.717, 1.165) is 42.7 Å². The molecule has 0 unspecified atom stereocenters. The van der Waals surface area contributed by atoms with Crippen LogP contribution in [0.1, 0.15) is 52.0 Å². The standard InChI is InChI=1S/C32H47FN2O7S/c1-24-20-35(25(2)22-40-23-27-9-13-29(39-5)14-10-27)32(36)17-19-41-26(3)8-6-7-18-42-31(24)21-34(4)43(37,38)30-15-11-28(33)12-16-30/h9-16,24-26,31H,6-8,17-23H2,1-5H3/t24-,25+,26+,31+/m1/s1. The number of rotatable bonds is 10. The Bertz CT molecular complexity index is 1230. The lowest BCUT2D eigenvalue weighted by Gasteiger charge is -2.36. The lowest BCUT2D eigenvalue weighted by atomic mass is 10.0. The van der Waals surface area contributed by atoms with Crippen LogP contribution in [0.3, 0.4) is 0 Å². The molecule has 240 valence electrons. The predicted molar refractivity (Wildman–Crippen MR) is 163 cm³/mol. The predicted octanol–water partition coefficient (Wildman–Crippen LogP) is 4.89. The number of ether oxygens (including phenoxy) is 4. The fourth-order valence-corrected chi connectivity index (χ4v) is 6.18. The van der Waals surface area contributed by atoms with Crippen molar-refractivity contribution in [3.05, 3.63) is 59.9 Å². The molecule has 0 aliphatic carbocycles. The van der Waals surface area contributed by atoms with Crippen molar-refractivity contribution in [2.45, 2.75) is 76.2 Å². The van der Waals surface area contributed by atoms with Gasteiger partial charge in [0.05, 0.1) is 56.5 Å². The molecule has 1 aliphatic rings. The molecule has 0 saturated carbocycles. The molecule has 43 heavy (non-hydrogen) atoms. The first-order chi connectivity index (χ1) is 20.5. The summed E-state index contributed by atoms with van der Waals surface area (Å²) >= 11 is 0. The molecule has 4 atom stereocenters. The first kappa shape index (κ1) is 34.9. The van der Waals surface area contributed by atoms with Gasteiger partial charge in [-0.15, -0.1) is 0 Å². The molecule has 11 heteroatoms. The van der Waals surface area contributed by atoms with Gasteiger partial charge in [0, 0.05) is 32.7 Å². The highest BCUT2D eigenvalue weighted by atomic mass is 32.2. The number of methoxy groups -OCH3 is 1. The topological polar surface area (TPSA) is 94.6 Å². The molecule has 1 heterocycles. The number of hydrogen-bond donors (Lipinski definition) is 0. The first-order valence-corrected chi connectivity index (χ1v) is 16.4. The number of carbonyl (C=O) groups is 1. The molecule has 0 N–H and O–H groups in total. The highest BCUT2D eigenvalue weighted by molar-refractivity contribution is 7.89. The number of nitrogens with zero attached hydrogens (tertiary/aromatic N) is 2. The van der Waals surface area contributed by atoms with Crippen LogP contribution in [0.4, 0.5) is 4.39 Å². The molecule has 1 amide bonds. The molecule has 1 saturated heterocycles. The number of likely N-dealkylation sites (N-methyl/N-ethyl adjacent to an activating group) is 1. The fraction of sp³-hybridized carbons (Fsp3) is 0.594. The average molecular weight is 623 g/mol. The molecular formula is C32H47FN2O7S. The van der Waals surface area contributed by atoms with E-state index in [1.165, 1.54) is 23.5 Å². The molecule has 0 radical (unpaired) electrons. The van der Waals surface area contributed by atoms with Crippen molar-refractivity contribution in [3.63, 3.8) is 0 Å². The largest absolute Gasteiger partial charge is 0.497 e. The van der Waals surface area contributed by atoms with Gasteiger partial charge in [0.1, 0.15) is 11.6 Å². The van der Waals surface area contributed by atoms with Gasteiger partial charge in [-0.1, -0.05) is 19.1 Å². The minimum atomic E-state index is -3.87. The Kier molecular flexibility index (Phi) is 13.8. The Hall–Kier alpha value is -2.57. The maximum atomic E-state index is 13.5. The molecule has 2 aromatic carbocycles. The first-order valence-electron chi connectivity index (χ1n) is 15.0. The van der Waals surface area contributed by atoms with Crippen molar-refractivity contribution in [2.24, 2.45) is 5.92 Å². The van der Waals surface area contributed by atoms with Crippen LogP contribution in [-0.4, -0.2) is 88.8 Å². The Balaban J connectivity index is 1.74. The second kappa shape index (κ2) is 17.1. The van der Waals surface area contributed by atoms with E-state index >= 15 is 0 Å². The van der Waals surface area contributed by atoms with E-state index in [0.29, 0.717) is 33.0 Å². The van der Waals surface area contributed by atoms with Gasteiger partial charge in [-0.05, 0) is 75.1 Å². The van der Waals surface area contributed by atoms with Crippen LogP contribution in [0.2, 0.25) is 0 Å². The van der Waals surface area contributed by atoms with Gasteiger partial charge < -0.3 is 23.8 Å². The number of halogens is 1. The second-order valence-corrected chi connectivity index (χ2v) is 13.4. The normalized spacial score (nSPS) is 22.3. The van der Waals surface area contributed by atoms with Crippen LogP contribution >= 0.6 is 0 Å². The van der Waals surface area contributed by atoms with Gasteiger partial charge in [0.25, 0.3) is 0 Å². The van der Waals surface area contributed by atoms with Gasteiger partial charge in [0.15, 0.2) is 0 Å². The Morgan fingerprint density at radius 3 is 2.42 bits per heavy atom. The molecule has 0 bridgehead atoms. The molecule has 0 spiro atoms. The van der Waals surface area contributed by atoms with Crippen LogP contribution in [0.25, 0.3) is 0 Å². The summed E-state index contributed by atoms with van der Waals surface area (Å²) in [5.74, 6) is 0.0208. The van der Waals surface area contributed by atoms with Crippen LogP contribution in [0, 0.1) is 11.7 Å². The molecule has 1 fully saturated rings. The average Bonchev–Trinajstić information content (AvgIpc) is 2.98. The molecule has 0 aromatic heterocycles. The summed E-state index contributed by atoms with van der Waals surface area (Å²) in [7, 11) is -0.750. The molecule has 2 aromatic rings. The lowest BCUT2D eigenvalue weighted by molar-refractivity contribution is -0.138. The maximum Gasteiger partial charge on any atom is 0.242 e. The van der Waals surface area contributed by atoms with E-state index in [-0.39, 0.29) is 41.8 Å². The maximum absolute atomic E-state index is 13.5. The Labute approximate surface area is 256 Å². The van der Waals surface area contributed by atoms with Crippen molar-refractivity contribution in [1.29, 1.82) is 0 Å². The fourth-order valence-electron chi connectivity index (χ4n) is 4.99. The molecule has 3 rings (SSSR count). The van der Waals surface area contributed by atoms with Crippen LogP contribution in [0.15, 0.2) is 53.4 Å². The SMILES string of the molecule is COc1ccc(COC[C@H](C)N2C[C@@H](C)[C@H](CN(C)S(=O)(=O)c3ccc(F)cc3)OCCCC[C@H](C)OCCC2=O)cc1. The summed E-state index contributed by atoms with van der Waals surface area (Å²) in [4.78, 5) is 15.3. The number of benzene rings is 2. The van der Waals surface area contributed by atoms with Gasteiger partial charge in [0.2, 0.25) is 15.9 Å². The summed E-state index contributed by atoms with van der Waals surface area (Å²) in [5.41, 5.74) is 0.995. The van der Waals surface area contributed by atoms with Gasteiger partial charge in [-0.2, -0.15) is 4.31 Å². The van der Waals surface area contributed by atoms with Crippen LogP contribution in [-0.2, 0) is 35.6 Å². The molecule has 1 aliphatic heterocycles. The van der Waals surface area contributed by atoms with E-state index in [2.05, 4.69) is 0 Å². The molecule has 9 nitrogen and oxygen atoms in total. The summed E-state index contributed by atoms with van der Waals surface area (Å²) in [5, 5.41) is 0. The Morgan fingerprint density at radius 2 is 1.74 bits per heavy atom. The van der Waals surface area contributed by atoms with Crippen molar-refractivity contribution in [2.75, 3.05) is 47.1 Å². The summed E-state index contributed by atoms with van der Waals surface area (Å²) < 4.78 is 64.6. The van der Waals surface area contributed by atoms with Gasteiger partial charge in [-0.25, -0.2) is 12.8 Å². The zero-order chi connectivity index (χ0) is 31.4. The van der Waals surface area contributed by atoms with Crippen molar-refractivity contribution in [1.82, 2.24) is 9.21 Å². The van der Waals surface area contributed by atoms with E-state index in [1.54, 1.807) is 12.0 Å². The number of carbonyl (C=O) groups excluding carboxylic acids is 1. The summed E-state index contributed by atoms with van der Waals surface area (Å²) in [6, 6.07) is 12.2. The van der Waals surface area contributed by atoms with Crippen molar-refractivity contribution < 1.29 is 36.6 Å². The van der Waals surface area contributed by atoms with Crippen molar-refractivity contribution in [3.8, 4) is 5.75 Å². The minimum Gasteiger partial charge on any atom is -0.497 e. The number of sulfonamides is 1. The smallest absolute Gasteiger partial charge is 0.242 e. The number of hydrogen-bond acceptors (Lipinski definition) is 7. The van der Waals surface area contributed by atoms with Gasteiger partial charge >= 0.3 is 0 Å². The van der Waals surface area contributed by atoms with E-state index in [9.17, 15) is 17.6 Å². The third-order valence-corrected chi connectivity index (χ3v) is 9.61. The highest BCUT2D eigenvalue weighted by Crippen LogP contribution is 2.21. The van der Waals surface area contributed by atoms with Crippen LogP contribution in [0.5, 0.6) is 5.75 Å². The van der Waals surface area contributed by atoms with E-state index < -0.39 is 21.9 Å². The zero-order valence-corrected chi connectivity index (χ0v) is 26.9. The highest BCUT2D eigenvalue weighted by Gasteiger charge is 2.31. The summed E-state index contributed by atoms with van der Waals surface area (Å²) in [6.07, 6.45) is 2.34. The third kappa shape index (κ3) is 10.8. The third-order valence-electron chi connectivity index (χ3n) is 7.77. The van der Waals surface area contributed by atoms with Crippen LogP contribution < -0.4 is 4.74 Å². The zero-order valence-electron chi connectivity index (χ0n) is 26.0. The summed E-state index contributed by atoms with van der Waals surface area (Å²) in [6.45, 7) is 7.89. The minimum absolute atomic E-state index is 0.0124. The monoisotopic (exact) mass is 622 g/mol.